The number of allylic oxidation sites excluding steroid dienone is 4. The number of benzene rings is 2. The number of aromatic nitrogens is 2. The van der Waals surface area contributed by atoms with E-state index >= 15 is 0 Å². The Bertz CT molecular complexity index is 1390. The van der Waals surface area contributed by atoms with Crippen molar-refractivity contribution in [3.8, 4) is 11.3 Å². The molecule has 0 unspecified atom stereocenters. The quantitative estimate of drug-likeness (QED) is 0.333. The number of nitrogens with zero attached hydrogens (tertiary/aromatic N) is 3. The van der Waals surface area contributed by atoms with Crippen LogP contribution < -0.4 is 10.6 Å². The second-order valence-corrected chi connectivity index (χ2v) is 10.4. The first-order chi connectivity index (χ1) is 18.9. The predicted molar refractivity (Wildman–Crippen MR) is 151 cm³/mol. The van der Waals surface area contributed by atoms with E-state index in [1.807, 2.05) is 36.4 Å². The number of anilines is 1. The molecule has 2 aliphatic rings. The van der Waals surface area contributed by atoms with Crippen molar-refractivity contribution >= 4 is 33.5 Å². The molecule has 3 aromatic rings. The lowest BCUT2D eigenvalue weighted by Gasteiger charge is -2.21. The Labute approximate surface area is 234 Å². The van der Waals surface area contributed by atoms with E-state index in [0.717, 1.165) is 30.2 Å². The van der Waals surface area contributed by atoms with Gasteiger partial charge in [-0.05, 0) is 52.5 Å². The number of nitrogens with one attached hydrogen (secondary N) is 2. The van der Waals surface area contributed by atoms with Crippen LogP contribution in [0.4, 0.5) is 19.4 Å². The lowest BCUT2D eigenvalue weighted by atomic mass is 9.94. The molecule has 2 aromatic carbocycles. The van der Waals surface area contributed by atoms with E-state index in [9.17, 15) is 13.6 Å². The third-order valence-electron chi connectivity index (χ3n) is 7.02. The van der Waals surface area contributed by atoms with Crippen molar-refractivity contribution in [2.75, 3.05) is 38.7 Å². The molecule has 2 amide bonds. The Kier molecular flexibility index (Phi) is 8.54. The molecule has 0 saturated carbocycles. The standard InChI is InChI=1S/C29H30BrF2N5O2/c1-39-15-14-36-17-22(20-12-13-23(31)24(32)16-20)25(18-36)33-29(38)34-28-26(30)27(19-8-4-2-5-9-19)35-37(28)21-10-6-3-7-11-21/h2,4-6,8-13,16,22,25H,3,7,14-15,17-18H2,1H3,(H2,33,34,38)/t22-,25+/m0/s1. The van der Waals surface area contributed by atoms with Crippen LogP contribution in [0.15, 0.2) is 71.2 Å². The maximum absolute atomic E-state index is 14.1. The van der Waals surface area contributed by atoms with Gasteiger partial charge in [-0.15, -0.1) is 0 Å². The van der Waals surface area contributed by atoms with Gasteiger partial charge in [0.2, 0.25) is 0 Å². The number of halogens is 3. The summed E-state index contributed by atoms with van der Waals surface area (Å²) in [6, 6.07) is 12.9. The highest BCUT2D eigenvalue weighted by molar-refractivity contribution is 9.10. The molecule has 0 radical (unpaired) electrons. The number of amides is 2. The van der Waals surface area contributed by atoms with E-state index < -0.39 is 17.7 Å². The average Bonchev–Trinajstić information content (AvgIpc) is 3.50. The van der Waals surface area contributed by atoms with E-state index in [1.165, 1.54) is 6.07 Å². The van der Waals surface area contributed by atoms with Crippen LogP contribution >= 0.6 is 15.9 Å². The molecule has 0 bridgehead atoms. The highest BCUT2D eigenvalue weighted by Crippen LogP contribution is 2.36. The maximum atomic E-state index is 14.1. The monoisotopic (exact) mass is 597 g/mol. The van der Waals surface area contributed by atoms with Gasteiger partial charge in [-0.1, -0.05) is 48.6 Å². The molecule has 1 aliphatic heterocycles. The van der Waals surface area contributed by atoms with Gasteiger partial charge in [0.05, 0.1) is 22.8 Å². The zero-order valence-corrected chi connectivity index (χ0v) is 23.1. The molecular formula is C29H30BrF2N5O2. The average molecular weight is 598 g/mol. The molecule has 39 heavy (non-hydrogen) atoms. The van der Waals surface area contributed by atoms with Crippen LogP contribution in [-0.2, 0) is 4.74 Å². The van der Waals surface area contributed by atoms with Crippen LogP contribution in [0.1, 0.15) is 24.3 Å². The predicted octanol–water partition coefficient (Wildman–Crippen LogP) is 6.02. The summed E-state index contributed by atoms with van der Waals surface area (Å²) in [5.74, 6) is -1.52. The molecule has 2 N–H and O–H groups in total. The van der Waals surface area contributed by atoms with Crippen LogP contribution in [0.5, 0.6) is 0 Å². The van der Waals surface area contributed by atoms with Crippen LogP contribution in [0.25, 0.3) is 17.0 Å². The van der Waals surface area contributed by atoms with Crippen molar-refractivity contribution in [2.45, 2.75) is 24.8 Å². The van der Waals surface area contributed by atoms with Crippen LogP contribution in [0.3, 0.4) is 0 Å². The fourth-order valence-electron chi connectivity index (χ4n) is 5.06. The summed E-state index contributed by atoms with van der Waals surface area (Å²) in [7, 11) is 1.63. The molecule has 2 atom stereocenters. The largest absolute Gasteiger partial charge is 0.383 e. The fraction of sp³-hybridized carbons (Fsp3) is 0.310. The SMILES string of the molecule is COCCN1C[C@@H](NC(=O)Nc2c(Br)c(-c3ccccc3)nn2C2=CCCC=C2)[C@H](c2ccc(F)c(F)c2)C1. The third-order valence-corrected chi connectivity index (χ3v) is 7.77. The van der Waals surface area contributed by atoms with Crippen molar-refractivity contribution in [3.05, 3.63) is 88.4 Å². The number of urea groups is 1. The zero-order chi connectivity index (χ0) is 27.4. The van der Waals surface area contributed by atoms with Crippen LogP contribution in [0, 0.1) is 11.6 Å². The molecule has 5 rings (SSSR count). The molecule has 2 heterocycles. The lowest BCUT2D eigenvalue weighted by Crippen LogP contribution is -2.42. The molecule has 7 nitrogen and oxygen atoms in total. The normalized spacial score (nSPS) is 19.2. The van der Waals surface area contributed by atoms with Gasteiger partial charge in [0.1, 0.15) is 5.69 Å². The summed E-state index contributed by atoms with van der Waals surface area (Å²) in [5.41, 5.74) is 3.12. The second kappa shape index (κ2) is 12.2. The highest BCUT2D eigenvalue weighted by Gasteiger charge is 2.35. The third kappa shape index (κ3) is 6.13. The number of likely N-dealkylation sites (tertiary alicyclic amines) is 1. The van der Waals surface area contributed by atoms with Gasteiger partial charge < -0.3 is 10.1 Å². The molecule has 1 saturated heterocycles. The van der Waals surface area contributed by atoms with E-state index in [4.69, 9.17) is 9.84 Å². The van der Waals surface area contributed by atoms with E-state index in [2.05, 4.69) is 43.6 Å². The molecular weight excluding hydrogens is 568 g/mol. The molecule has 204 valence electrons. The summed E-state index contributed by atoms with van der Waals surface area (Å²) in [6.07, 6.45) is 7.99. The Balaban J connectivity index is 1.41. The van der Waals surface area contributed by atoms with Crippen molar-refractivity contribution < 1.29 is 18.3 Å². The Hall–Kier alpha value is -3.34. The van der Waals surface area contributed by atoms with Gasteiger partial charge >= 0.3 is 6.03 Å². The Morgan fingerprint density at radius 1 is 1.13 bits per heavy atom. The van der Waals surface area contributed by atoms with Gasteiger partial charge in [-0.3, -0.25) is 10.2 Å². The number of carbonyl (C=O) groups excluding carboxylic acids is 1. The fourth-order valence-corrected chi connectivity index (χ4v) is 5.63. The Morgan fingerprint density at radius 3 is 2.67 bits per heavy atom. The number of rotatable bonds is 8. The second-order valence-electron chi connectivity index (χ2n) is 9.64. The minimum absolute atomic E-state index is 0.222. The van der Waals surface area contributed by atoms with Gasteiger partial charge in [0.25, 0.3) is 0 Å². The van der Waals surface area contributed by atoms with Gasteiger partial charge in [-0.2, -0.15) is 5.10 Å². The van der Waals surface area contributed by atoms with Crippen LogP contribution in [0.2, 0.25) is 0 Å². The van der Waals surface area contributed by atoms with E-state index in [0.29, 0.717) is 47.8 Å². The number of carbonyl (C=O) groups is 1. The van der Waals surface area contributed by atoms with Crippen LogP contribution in [-0.4, -0.2) is 60.1 Å². The van der Waals surface area contributed by atoms with E-state index in [1.54, 1.807) is 17.9 Å². The number of ether oxygens (including phenoxy) is 1. The van der Waals surface area contributed by atoms with Gasteiger partial charge in [-0.25, -0.2) is 18.3 Å². The summed E-state index contributed by atoms with van der Waals surface area (Å²) in [6.45, 7) is 2.32. The number of hydrogen-bond donors (Lipinski definition) is 2. The smallest absolute Gasteiger partial charge is 0.320 e. The minimum atomic E-state index is -0.902. The molecule has 1 aromatic heterocycles. The van der Waals surface area contributed by atoms with Crippen molar-refractivity contribution in [2.24, 2.45) is 0 Å². The summed E-state index contributed by atoms with van der Waals surface area (Å²) >= 11 is 3.67. The first kappa shape index (κ1) is 27.2. The molecule has 0 spiro atoms. The number of hydrogen-bond acceptors (Lipinski definition) is 4. The highest BCUT2D eigenvalue weighted by atomic mass is 79.9. The van der Waals surface area contributed by atoms with E-state index in [-0.39, 0.29) is 12.0 Å². The maximum Gasteiger partial charge on any atom is 0.320 e. The van der Waals surface area contributed by atoms with Crippen molar-refractivity contribution in [1.82, 2.24) is 20.0 Å². The van der Waals surface area contributed by atoms with Gasteiger partial charge in [0.15, 0.2) is 17.5 Å². The summed E-state index contributed by atoms with van der Waals surface area (Å²) in [5, 5.41) is 10.9. The zero-order valence-electron chi connectivity index (χ0n) is 21.5. The summed E-state index contributed by atoms with van der Waals surface area (Å²) in [4.78, 5) is 15.6. The van der Waals surface area contributed by atoms with Crippen molar-refractivity contribution in [1.29, 1.82) is 0 Å². The summed E-state index contributed by atoms with van der Waals surface area (Å²) < 4.78 is 35.3. The Morgan fingerprint density at radius 2 is 1.95 bits per heavy atom. The first-order valence-corrected chi connectivity index (χ1v) is 13.7. The lowest BCUT2D eigenvalue weighted by molar-refractivity contribution is 0.159. The molecule has 1 aliphatic carbocycles. The minimum Gasteiger partial charge on any atom is -0.383 e. The first-order valence-electron chi connectivity index (χ1n) is 12.9. The molecule has 10 heteroatoms. The molecule has 1 fully saturated rings. The van der Waals surface area contributed by atoms with Crippen molar-refractivity contribution in [3.63, 3.8) is 0 Å². The topological polar surface area (TPSA) is 71.4 Å². The van der Waals surface area contributed by atoms with Gasteiger partial charge in [0, 0.05) is 38.2 Å². The number of methoxy groups -OCH3 is 1.